The summed E-state index contributed by atoms with van der Waals surface area (Å²) in [6, 6.07) is 10.2. The van der Waals surface area contributed by atoms with Crippen molar-refractivity contribution in [2.24, 2.45) is 0 Å². The maximum Gasteiger partial charge on any atom is 0.341 e. The molecule has 2 aromatic rings. The minimum absolute atomic E-state index is 0.0164. The number of ether oxygens (including phenoxy) is 1. The van der Waals surface area contributed by atoms with Crippen molar-refractivity contribution in [3.63, 3.8) is 0 Å². The molecule has 0 bridgehead atoms. The Morgan fingerprint density at radius 2 is 1.90 bits per heavy atom. The molecule has 0 saturated heterocycles. The summed E-state index contributed by atoms with van der Waals surface area (Å²) in [6.45, 7) is -0.381. The first kappa shape index (κ1) is 13.7. The Morgan fingerprint density at radius 3 is 2.50 bits per heavy atom. The fourth-order valence-corrected chi connectivity index (χ4v) is 1.66. The molecule has 0 aliphatic carbocycles. The molecule has 0 aliphatic heterocycles. The first-order valence-corrected chi connectivity index (χ1v) is 6.02. The zero-order chi connectivity index (χ0) is 14.4. The van der Waals surface area contributed by atoms with E-state index in [0.717, 1.165) is 5.56 Å². The Labute approximate surface area is 115 Å². The number of carboxylic acids is 1. The topological polar surface area (TPSA) is 76.5 Å². The second-order valence-electron chi connectivity index (χ2n) is 4.17. The Kier molecular flexibility index (Phi) is 4.44. The van der Waals surface area contributed by atoms with E-state index >= 15 is 0 Å². The third-order valence-corrected chi connectivity index (χ3v) is 2.63. The Morgan fingerprint density at radius 1 is 1.15 bits per heavy atom. The standard InChI is InChI=1S/C15H13NO4/c17-14(12-2-1-7-16-9-12)8-11-3-5-13(6-4-11)20-10-15(18)19/h1-7,9H,8,10H2,(H,18,19). The molecule has 0 fully saturated rings. The van der Waals surface area contributed by atoms with Crippen LogP contribution in [0, 0.1) is 0 Å². The first-order valence-electron chi connectivity index (χ1n) is 6.02. The van der Waals surface area contributed by atoms with Crippen LogP contribution in [0.2, 0.25) is 0 Å². The largest absolute Gasteiger partial charge is 0.482 e. The van der Waals surface area contributed by atoms with Crippen LogP contribution in [-0.4, -0.2) is 28.4 Å². The highest BCUT2D eigenvalue weighted by Gasteiger charge is 2.07. The number of aliphatic carboxylic acids is 1. The molecule has 1 aromatic heterocycles. The predicted molar refractivity (Wildman–Crippen MR) is 71.8 cm³/mol. The maximum atomic E-state index is 12.0. The van der Waals surface area contributed by atoms with Gasteiger partial charge in [-0.3, -0.25) is 9.78 Å². The predicted octanol–water partition coefficient (Wildman–Crippen LogP) is 1.97. The lowest BCUT2D eigenvalue weighted by Gasteiger charge is -2.05. The van der Waals surface area contributed by atoms with Crippen molar-refractivity contribution in [2.45, 2.75) is 6.42 Å². The molecule has 0 aliphatic rings. The maximum absolute atomic E-state index is 12.0. The molecule has 20 heavy (non-hydrogen) atoms. The zero-order valence-corrected chi connectivity index (χ0v) is 10.7. The third-order valence-electron chi connectivity index (χ3n) is 2.63. The highest BCUT2D eigenvalue weighted by Crippen LogP contribution is 2.14. The Bertz CT molecular complexity index is 593. The van der Waals surface area contributed by atoms with Gasteiger partial charge in [-0.15, -0.1) is 0 Å². The monoisotopic (exact) mass is 271 g/mol. The van der Waals surface area contributed by atoms with Crippen LogP contribution in [0.3, 0.4) is 0 Å². The number of nitrogens with zero attached hydrogens (tertiary/aromatic N) is 1. The van der Waals surface area contributed by atoms with Gasteiger partial charge in [-0.2, -0.15) is 0 Å². The number of carbonyl (C=O) groups is 2. The van der Waals surface area contributed by atoms with Crippen LogP contribution in [0.15, 0.2) is 48.8 Å². The molecular formula is C15H13NO4. The summed E-state index contributed by atoms with van der Waals surface area (Å²) in [7, 11) is 0. The molecule has 0 radical (unpaired) electrons. The van der Waals surface area contributed by atoms with Gasteiger partial charge < -0.3 is 9.84 Å². The second kappa shape index (κ2) is 6.47. The SMILES string of the molecule is O=C(O)COc1ccc(CC(=O)c2cccnc2)cc1. The van der Waals surface area contributed by atoms with Gasteiger partial charge in [0.2, 0.25) is 0 Å². The summed E-state index contributed by atoms with van der Waals surface area (Å²) in [5.74, 6) is -0.580. The van der Waals surface area contributed by atoms with E-state index in [1.807, 2.05) is 0 Å². The van der Waals surface area contributed by atoms with Gasteiger partial charge >= 0.3 is 5.97 Å². The summed E-state index contributed by atoms with van der Waals surface area (Å²) in [6.07, 6.45) is 3.42. The third kappa shape index (κ3) is 3.91. The fraction of sp³-hybridized carbons (Fsp3) is 0.133. The second-order valence-corrected chi connectivity index (χ2v) is 4.17. The Balaban J connectivity index is 1.97. The van der Waals surface area contributed by atoms with Crippen molar-refractivity contribution in [2.75, 3.05) is 6.61 Å². The normalized spacial score (nSPS) is 10.0. The van der Waals surface area contributed by atoms with Crippen LogP contribution in [0.4, 0.5) is 0 Å². The van der Waals surface area contributed by atoms with E-state index in [2.05, 4.69) is 4.98 Å². The number of aromatic nitrogens is 1. The molecule has 0 saturated carbocycles. The van der Waals surface area contributed by atoms with Gasteiger partial charge in [0.05, 0.1) is 0 Å². The lowest BCUT2D eigenvalue weighted by atomic mass is 10.0. The van der Waals surface area contributed by atoms with E-state index in [1.54, 1.807) is 42.6 Å². The van der Waals surface area contributed by atoms with Crippen molar-refractivity contribution in [3.05, 3.63) is 59.9 Å². The number of pyridine rings is 1. The van der Waals surface area contributed by atoms with E-state index < -0.39 is 5.97 Å². The first-order chi connectivity index (χ1) is 9.65. The van der Waals surface area contributed by atoms with Crippen LogP contribution in [0.25, 0.3) is 0 Å². The van der Waals surface area contributed by atoms with Crippen LogP contribution >= 0.6 is 0 Å². The van der Waals surface area contributed by atoms with Crippen molar-refractivity contribution in [1.29, 1.82) is 0 Å². The van der Waals surface area contributed by atoms with E-state index in [4.69, 9.17) is 9.84 Å². The number of ketones is 1. The molecule has 1 N–H and O–H groups in total. The minimum atomic E-state index is -1.03. The van der Waals surface area contributed by atoms with Gasteiger partial charge in [-0.1, -0.05) is 12.1 Å². The summed E-state index contributed by atoms with van der Waals surface area (Å²) in [4.78, 5) is 26.2. The van der Waals surface area contributed by atoms with Crippen molar-refractivity contribution in [1.82, 2.24) is 4.98 Å². The van der Waals surface area contributed by atoms with Crippen LogP contribution in [0.1, 0.15) is 15.9 Å². The molecule has 0 spiro atoms. The number of rotatable bonds is 6. The van der Waals surface area contributed by atoms with Gasteiger partial charge in [0.25, 0.3) is 0 Å². The summed E-state index contributed by atoms with van der Waals surface area (Å²) >= 11 is 0. The van der Waals surface area contributed by atoms with Crippen molar-refractivity contribution in [3.8, 4) is 5.75 Å². The number of carboxylic acid groups (broad SMARTS) is 1. The lowest BCUT2D eigenvalue weighted by molar-refractivity contribution is -0.139. The highest BCUT2D eigenvalue weighted by molar-refractivity contribution is 5.97. The highest BCUT2D eigenvalue weighted by atomic mass is 16.5. The average molecular weight is 271 g/mol. The molecular weight excluding hydrogens is 258 g/mol. The summed E-state index contributed by atoms with van der Waals surface area (Å²) in [5.41, 5.74) is 1.40. The van der Waals surface area contributed by atoms with E-state index in [9.17, 15) is 9.59 Å². The van der Waals surface area contributed by atoms with Crippen LogP contribution in [-0.2, 0) is 11.2 Å². The van der Waals surface area contributed by atoms with Crippen LogP contribution < -0.4 is 4.74 Å². The zero-order valence-electron chi connectivity index (χ0n) is 10.7. The van der Waals surface area contributed by atoms with Gasteiger partial charge in [-0.05, 0) is 29.8 Å². The number of benzene rings is 1. The molecule has 1 heterocycles. The molecule has 1 aromatic carbocycles. The molecule has 5 heteroatoms. The quantitative estimate of drug-likeness (QED) is 0.813. The number of hydrogen-bond acceptors (Lipinski definition) is 4. The number of hydrogen-bond donors (Lipinski definition) is 1. The number of Topliss-reactive ketones (excluding diaryl/α,β-unsaturated/α-hetero) is 1. The molecule has 102 valence electrons. The number of carbonyl (C=O) groups excluding carboxylic acids is 1. The molecule has 0 amide bonds. The van der Waals surface area contributed by atoms with E-state index in [-0.39, 0.29) is 18.8 Å². The van der Waals surface area contributed by atoms with Gasteiger partial charge in [0, 0.05) is 24.4 Å². The lowest BCUT2D eigenvalue weighted by Crippen LogP contribution is -2.09. The molecule has 0 atom stereocenters. The fourth-order valence-electron chi connectivity index (χ4n) is 1.66. The summed E-state index contributed by atoms with van der Waals surface area (Å²) in [5, 5.41) is 8.50. The summed E-state index contributed by atoms with van der Waals surface area (Å²) < 4.78 is 5.02. The smallest absolute Gasteiger partial charge is 0.341 e. The van der Waals surface area contributed by atoms with Crippen molar-refractivity contribution >= 4 is 11.8 Å². The minimum Gasteiger partial charge on any atom is -0.482 e. The molecule has 5 nitrogen and oxygen atoms in total. The van der Waals surface area contributed by atoms with Crippen molar-refractivity contribution < 1.29 is 19.4 Å². The molecule has 2 rings (SSSR count). The van der Waals surface area contributed by atoms with E-state index in [1.165, 1.54) is 6.20 Å². The van der Waals surface area contributed by atoms with Gasteiger partial charge in [0.15, 0.2) is 12.4 Å². The Hall–Kier alpha value is -2.69. The van der Waals surface area contributed by atoms with Gasteiger partial charge in [0.1, 0.15) is 5.75 Å². The van der Waals surface area contributed by atoms with Crippen LogP contribution in [0.5, 0.6) is 5.75 Å². The van der Waals surface area contributed by atoms with E-state index in [0.29, 0.717) is 11.3 Å². The van der Waals surface area contributed by atoms with Gasteiger partial charge in [-0.25, -0.2) is 4.79 Å². The average Bonchev–Trinajstić information content (AvgIpc) is 2.47. The molecule has 0 unspecified atom stereocenters.